The minimum absolute atomic E-state index is 0.358. The first-order chi connectivity index (χ1) is 9.91. The molecular formula is C14H18FN3O3. The normalized spacial score (nSPS) is 21.2. The molecule has 2 unspecified atom stereocenters. The van der Waals surface area contributed by atoms with Gasteiger partial charge in [-0.2, -0.15) is 0 Å². The molecule has 1 aliphatic rings. The summed E-state index contributed by atoms with van der Waals surface area (Å²) in [7, 11) is 0. The maximum absolute atomic E-state index is 13.8. The van der Waals surface area contributed by atoms with Crippen LogP contribution in [0.5, 0.6) is 0 Å². The minimum Gasteiger partial charge on any atom is -0.392 e. The Hall–Kier alpha value is -2.18. The van der Waals surface area contributed by atoms with E-state index in [0.29, 0.717) is 18.4 Å². The molecule has 1 fully saturated rings. The van der Waals surface area contributed by atoms with Gasteiger partial charge in [-0.05, 0) is 24.3 Å². The Bertz CT molecular complexity index is 577. The first-order valence-electron chi connectivity index (χ1n) is 6.92. The highest BCUT2D eigenvalue weighted by molar-refractivity contribution is 6.01. The number of benzene rings is 1. The number of rotatable bonds is 4. The predicted molar refractivity (Wildman–Crippen MR) is 76.3 cm³/mol. The summed E-state index contributed by atoms with van der Waals surface area (Å²) in [6, 6.07) is 1.85. The molecule has 1 saturated carbocycles. The average molecular weight is 295 g/mol. The number of anilines is 1. The van der Waals surface area contributed by atoms with Gasteiger partial charge in [0.1, 0.15) is 17.1 Å². The molecule has 3 N–H and O–H groups in total. The molecule has 7 heteroatoms. The number of amides is 1. The van der Waals surface area contributed by atoms with E-state index in [4.69, 9.17) is 5.73 Å². The molecule has 0 heterocycles. The molecule has 0 aliphatic heterocycles. The number of hydrogen-bond acceptors (Lipinski definition) is 4. The van der Waals surface area contributed by atoms with Crippen molar-refractivity contribution in [3.05, 3.63) is 33.6 Å². The molecule has 0 radical (unpaired) electrons. The summed E-state index contributed by atoms with van der Waals surface area (Å²) < 4.78 is 13.8. The van der Waals surface area contributed by atoms with E-state index >= 15 is 0 Å². The lowest BCUT2D eigenvalue weighted by molar-refractivity contribution is -0.384. The molecule has 2 rings (SSSR count). The predicted octanol–water partition coefficient (Wildman–Crippen LogP) is 2.48. The zero-order chi connectivity index (χ0) is 15.6. The van der Waals surface area contributed by atoms with Crippen molar-refractivity contribution in [3.63, 3.8) is 0 Å². The maximum Gasteiger partial charge on any atom is 0.293 e. The minimum atomic E-state index is -0.852. The number of carbonyl (C=O) groups is 1. The monoisotopic (exact) mass is 295 g/mol. The number of nitrogens with one attached hydrogen (secondary N) is 1. The third-order valence-corrected chi connectivity index (χ3v) is 4.16. The Morgan fingerprint density at radius 1 is 1.52 bits per heavy atom. The highest BCUT2D eigenvalue weighted by atomic mass is 19.1. The summed E-state index contributed by atoms with van der Waals surface area (Å²) in [6.45, 7) is 2.55. The molecule has 0 aromatic heterocycles. The first kappa shape index (κ1) is 15.2. The van der Waals surface area contributed by atoms with E-state index in [1.165, 1.54) is 0 Å². The van der Waals surface area contributed by atoms with E-state index in [1.807, 2.05) is 0 Å². The number of nitrogens with zero attached hydrogens (tertiary/aromatic N) is 1. The Labute approximate surface area is 121 Å². The summed E-state index contributed by atoms with van der Waals surface area (Å²) in [5.41, 5.74) is 4.21. The molecule has 0 bridgehead atoms. The van der Waals surface area contributed by atoms with Crippen molar-refractivity contribution in [1.82, 2.24) is 5.32 Å². The lowest BCUT2D eigenvalue weighted by atomic mass is 9.98. The maximum atomic E-state index is 13.8. The van der Waals surface area contributed by atoms with Crippen LogP contribution in [0.15, 0.2) is 12.1 Å². The van der Waals surface area contributed by atoms with E-state index in [1.54, 1.807) is 0 Å². The molecule has 114 valence electrons. The fourth-order valence-electron chi connectivity index (χ4n) is 2.81. The zero-order valence-electron chi connectivity index (χ0n) is 11.8. The molecule has 1 aromatic rings. The van der Waals surface area contributed by atoms with Gasteiger partial charge in [0.2, 0.25) is 0 Å². The van der Waals surface area contributed by atoms with Crippen LogP contribution in [-0.4, -0.2) is 17.4 Å². The smallest absolute Gasteiger partial charge is 0.293 e. The van der Waals surface area contributed by atoms with Crippen molar-refractivity contribution in [3.8, 4) is 0 Å². The van der Waals surface area contributed by atoms with E-state index in [-0.39, 0.29) is 0 Å². The standard InChI is InChI=1S/C14H18FN3O3/c1-8-3-2-4-9(8)7-17-14(19)12-10(15)5-6-11(13(12)16)18(20)21/h5-6,8-9H,2-4,7,16H2,1H3,(H,17,19). The topological polar surface area (TPSA) is 98.3 Å². The summed E-state index contributed by atoms with van der Waals surface area (Å²) in [4.78, 5) is 22.1. The van der Waals surface area contributed by atoms with Crippen molar-refractivity contribution < 1.29 is 14.1 Å². The van der Waals surface area contributed by atoms with Crippen LogP contribution < -0.4 is 11.1 Å². The van der Waals surface area contributed by atoms with Gasteiger partial charge in [-0.1, -0.05) is 19.8 Å². The third kappa shape index (κ3) is 3.12. The van der Waals surface area contributed by atoms with E-state index in [0.717, 1.165) is 31.4 Å². The second-order valence-corrected chi connectivity index (χ2v) is 5.49. The van der Waals surface area contributed by atoms with Gasteiger partial charge in [-0.15, -0.1) is 0 Å². The van der Waals surface area contributed by atoms with Crippen LogP contribution in [0.25, 0.3) is 0 Å². The van der Waals surface area contributed by atoms with Gasteiger partial charge in [0.15, 0.2) is 0 Å². The van der Waals surface area contributed by atoms with Crippen molar-refractivity contribution in [2.24, 2.45) is 11.8 Å². The van der Waals surface area contributed by atoms with Crippen molar-refractivity contribution in [2.75, 3.05) is 12.3 Å². The molecule has 6 nitrogen and oxygen atoms in total. The molecule has 1 amide bonds. The van der Waals surface area contributed by atoms with E-state index < -0.39 is 33.6 Å². The fraction of sp³-hybridized carbons (Fsp3) is 0.500. The molecule has 0 saturated heterocycles. The highest BCUT2D eigenvalue weighted by Crippen LogP contribution is 2.31. The van der Waals surface area contributed by atoms with Crippen LogP contribution in [0, 0.1) is 27.8 Å². The zero-order valence-corrected chi connectivity index (χ0v) is 11.8. The van der Waals surface area contributed by atoms with E-state index in [2.05, 4.69) is 12.2 Å². The van der Waals surface area contributed by atoms with Gasteiger partial charge < -0.3 is 11.1 Å². The van der Waals surface area contributed by atoms with Crippen LogP contribution in [0.2, 0.25) is 0 Å². The van der Waals surface area contributed by atoms with Gasteiger partial charge in [0, 0.05) is 12.6 Å². The number of nitrogens with two attached hydrogens (primary N) is 1. The molecule has 1 aromatic carbocycles. The van der Waals surface area contributed by atoms with Crippen LogP contribution in [-0.2, 0) is 0 Å². The van der Waals surface area contributed by atoms with Gasteiger partial charge in [-0.25, -0.2) is 4.39 Å². The molecule has 0 spiro atoms. The molecule has 21 heavy (non-hydrogen) atoms. The Morgan fingerprint density at radius 3 is 2.81 bits per heavy atom. The quantitative estimate of drug-likeness (QED) is 0.506. The Morgan fingerprint density at radius 2 is 2.24 bits per heavy atom. The highest BCUT2D eigenvalue weighted by Gasteiger charge is 2.26. The lowest BCUT2D eigenvalue weighted by Crippen LogP contribution is -2.31. The average Bonchev–Trinajstić information content (AvgIpc) is 2.81. The largest absolute Gasteiger partial charge is 0.392 e. The number of nitro benzene ring substituents is 1. The first-order valence-corrected chi connectivity index (χ1v) is 6.92. The second-order valence-electron chi connectivity index (χ2n) is 5.49. The van der Waals surface area contributed by atoms with E-state index in [9.17, 15) is 19.3 Å². The van der Waals surface area contributed by atoms with Crippen molar-refractivity contribution in [2.45, 2.75) is 26.2 Å². The van der Waals surface area contributed by atoms with Gasteiger partial charge >= 0.3 is 0 Å². The molecular weight excluding hydrogens is 277 g/mol. The fourth-order valence-corrected chi connectivity index (χ4v) is 2.81. The second kappa shape index (κ2) is 6.07. The summed E-state index contributed by atoms with van der Waals surface area (Å²) >= 11 is 0. The molecule has 1 aliphatic carbocycles. The summed E-state index contributed by atoms with van der Waals surface area (Å²) in [5, 5.41) is 13.4. The van der Waals surface area contributed by atoms with Gasteiger partial charge in [0.05, 0.1) is 4.92 Å². The molecule has 2 atom stereocenters. The lowest BCUT2D eigenvalue weighted by Gasteiger charge is -2.16. The van der Waals surface area contributed by atoms with Crippen LogP contribution in [0.4, 0.5) is 15.8 Å². The van der Waals surface area contributed by atoms with Crippen LogP contribution >= 0.6 is 0 Å². The Kier molecular flexibility index (Phi) is 4.40. The SMILES string of the molecule is CC1CCCC1CNC(=O)c1c(F)ccc([N+](=O)[O-])c1N. The van der Waals surface area contributed by atoms with Crippen molar-refractivity contribution in [1.29, 1.82) is 0 Å². The van der Waals surface area contributed by atoms with Crippen molar-refractivity contribution >= 4 is 17.3 Å². The summed E-state index contributed by atoms with van der Waals surface area (Å²) in [5.74, 6) is -0.683. The van der Waals surface area contributed by atoms with Crippen LogP contribution in [0.3, 0.4) is 0 Å². The summed E-state index contributed by atoms with van der Waals surface area (Å²) in [6.07, 6.45) is 3.26. The van der Waals surface area contributed by atoms with Gasteiger partial charge in [-0.3, -0.25) is 14.9 Å². The van der Waals surface area contributed by atoms with Crippen LogP contribution in [0.1, 0.15) is 36.5 Å². The number of nitro groups is 1. The number of carbonyl (C=O) groups excluding carboxylic acids is 1. The third-order valence-electron chi connectivity index (χ3n) is 4.16. The Balaban J connectivity index is 2.15. The number of nitrogen functional groups attached to an aromatic ring is 1. The number of hydrogen-bond donors (Lipinski definition) is 2. The number of halogens is 1. The van der Waals surface area contributed by atoms with Gasteiger partial charge in [0.25, 0.3) is 11.6 Å².